The first-order chi connectivity index (χ1) is 10.5. The summed E-state index contributed by atoms with van der Waals surface area (Å²) in [5.74, 6) is 0.776. The standard InChI is InChI=1S/C16H29N3O3/c1-12-3-5-13(6-4-12)19(16(17)21)14-7-9-18(10-8-14)15(20)11-22-2/h12-14H,3-11H2,1-2H3,(H2,17,21)/t12-,13-. The molecule has 126 valence electrons. The van der Waals surface area contributed by atoms with Gasteiger partial charge < -0.3 is 20.3 Å². The third-order valence-corrected chi connectivity index (χ3v) is 5.11. The second kappa shape index (κ2) is 7.81. The number of methoxy groups -OCH3 is 1. The normalized spacial score (nSPS) is 26.7. The van der Waals surface area contributed by atoms with E-state index in [-0.39, 0.29) is 30.6 Å². The summed E-state index contributed by atoms with van der Waals surface area (Å²) < 4.78 is 4.90. The summed E-state index contributed by atoms with van der Waals surface area (Å²) in [6.45, 7) is 3.76. The highest BCUT2D eigenvalue weighted by Crippen LogP contribution is 2.30. The Morgan fingerprint density at radius 2 is 1.64 bits per heavy atom. The summed E-state index contributed by atoms with van der Waals surface area (Å²) in [6.07, 6.45) is 6.05. The molecule has 1 saturated heterocycles. The third kappa shape index (κ3) is 4.12. The van der Waals surface area contributed by atoms with E-state index in [2.05, 4.69) is 6.92 Å². The minimum atomic E-state index is -0.304. The molecule has 3 amide bonds. The predicted octanol–water partition coefficient (Wildman–Crippen LogP) is 1.58. The number of nitrogens with two attached hydrogens (primary N) is 1. The van der Waals surface area contributed by atoms with E-state index in [1.807, 2.05) is 9.80 Å². The van der Waals surface area contributed by atoms with Crippen LogP contribution in [0.5, 0.6) is 0 Å². The molecule has 6 heteroatoms. The van der Waals surface area contributed by atoms with Crippen molar-refractivity contribution in [1.29, 1.82) is 0 Å². The van der Waals surface area contributed by atoms with E-state index in [0.29, 0.717) is 13.1 Å². The quantitative estimate of drug-likeness (QED) is 0.856. The number of likely N-dealkylation sites (tertiary alicyclic amines) is 1. The zero-order valence-electron chi connectivity index (χ0n) is 13.8. The Bertz CT molecular complexity index is 386. The lowest BCUT2D eigenvalue weighted by Crippen LogP contribution is -2.55. The van der Waals surface area contributed by atoms with Gasteiger partial charge in [-0.05, 0) is 44.4 Å². The van der Waals surface area contributed by atoms with Gasteiger partial charge in [-0.15, -0.1) is 0 Å². The number of hydrogen-bond donors (Lipinski definition) is 1. The molecule has 0 aromatic rings. The average molecular weight is 311 g/mol. The Morgan fingerprint density at radius 3 is 2.14 bits per heavy atom. The lowest BCUT2D eigenvalue weighted by molar-refractivity contribution is -0.136. The van der Waals surface area contributed by atoms with Crippen LogP contribution in [0, 0.1) is 5.92 Å². The van der Waals surface area contributed by atoms with E-state index >= 15 is 0 Å². The Hall–Kier alpha value is -1.30. The van der Waals surface area contributed by atoms with Gasteiger partial charge in [-0.25, -0.2) is 4.79 Å². The molecule has 2 fully saturated rings. The van der Waals surface area contributed by atoms with Crippen molar-refractivity contribution in [2.24, 2.45) is 11.7 Å². The molecular weight excluding hydrogens is 282 g/mol. The largest absolute Gasteiger partial charge is 0.375 e. The van der Waals surface area contributed by atoms with Gasteiger partial charge >= 0.3 is 6.03 Å². The minimum absolute atomic E-state index is 0.0260. The molecule has 0 unspecified atom stereocenters. The fraction of sp³-hybridized carbons (Fsp3) is 0.875. The van der Waals surface area contributed by atoms with Gasteiger partial charge in [-0.3, -0.25) is 4.79 Å². The molecule has 2 rings (SSSR count). The number of piperidine rings is 1. The molecule has 6 nitrogen and oxygen atoms in total. The minimum Gasteiger partial charge on any atom is -0.375 e. The number of primary amides is 1. The molecule has 2 N–H and O–H groups in total. The van der Waals surface area contributed by atoms with Crippen molar-refractivity contribution in [3.05, 3.63) is 0 Å². The van der Waals surface area contributed by atoms with Gasteiger partial charge in [0.25, 0.3) is 0 Å². The summed E-state index contributed by atoms with van der Waals surface area (Å²) in [6, 6.07) is 0.142. The molecule has 0 atom stereocenters. The second-order valence-electron chi connectivity index (χ2n) is 6.70. The highest BCUT2D eigenvalue weighted by molar-refractivity contribution is 5.77. The number of amides is 3. The van der Waals surface area contributed by atoms with Crippen LogP contribution in [0.4, 0.5) is 4.79 Å². The number of ether oxygens (including phenoxy) is 1. The molecule has 0 radical (unpaired) electrons. The monoisotopic (exact) mass is 311 g/mol. The van der Waals surface area contributed by atoms with Crippen LogP contribution < -0.4 is 5.73 Å². The highest BCUT2D eigenvalue weighted by Gasteiger charge is 2.34. The van der Waals surface area contributed by atoms with Gasteiger partial charge in [-0.1, -0.05) is 6.92 Å². The van der Waals surface area contributed by atoms with Gasteiger partial charge in [0.05, 0.1) is 0 Å². The Kier molecular flexibility index (Phi) is 6.06. The highest BCUT2D eigenvalue weighted by atomic mass is 16.5. The van der Waals surface area contributed by atoms with Crippen LogP contribution >= 0.6 is 0 Å². The third-order valence-electron chi connectivity index (χ3n) is 5.11. The molecule has 2 aliphatic rings. The zero-order chi connectivity index (χ0) is 16.1. The average Bonchev–Trinajstić information content (AvgIpc) is 2.50. The van der Waals surface area contributed by atoms with Gasteiger partial charge in [0.1, 0.15) is 6.61 Å². The first-order valence-corrected chi connectivity index (χ1v) is 8.37. The SMILES string of the molecule is COCC(=O)N1CCC(N(C(N)=O)[C@H]2CC[C@H](C)CC2)CC1. The van der Waals surface area contributed by atoms with Crippen LogP contribution in [-0.2, 0) is 9.53 Å². The lowest BCUT2D eigenvalue weighted by Gasteiger charge is -2.43. The van der Waals surface area contributed by atoms with Crippen molar-refractivity contribution in [2.45, 2.75) is 57.5 Å². The molecule has 1 aliphatic heterocycles. The van der Waals surface area contributed by atoms with E-state index in [9.17, 15) is 9.59 Å². The topological polar surface area (TPSA) is 75.9 Å². The molecular formula is C16H29N3O3. The maximum absolute atomic E-state index is 11.9. The van der Waals surface area contributed by atoms with Gasteiger partial charge in [0.15, 0.2) is 0 Å². The first kappa shape index (κ1) is 17.1. The Morgan fingerprint density at radius 1 is 1.09 bits per heavy atom. The molecule has 22 heavy (non-hydrogen) atoms. The van der Waals surface area contributed by atoms with Crippen molar-refractivity contribution in [1.82, 2.24) is 9.80 Å². The summed E-state index contributed by atoms with van der Waals surface area (Å²) >= 11 is 0. The van der Waals surface area contributed by atoms with Crippen LogP contribution in [0.25, 0.3) is 0 Å². The zero-order valence-corrected chi connectivity index (χ0v) is 13.8. The van der Waals surface area contributed by atoms with Crippen LogP contribution in [0.1, 0.15) is 45.4 Å². The second-order valence-corrected chi connectivity index (χ2v) is 6.70. The molecule has 1 heterocycles. The molecule has 0 aromatic carbocycles. The van der Waals surface area contributed by atoms with Crippen molar-refractivity contribution >= 4 is 11.9 Å². The number of urea groups is 1. The molecule has 0 aromatic heterocycles. The van der Waals surface area contributed by atoms with Crippen LogP contribution in [0.2, 0.25) is 0 Å². The summed E-state index contributed by atoms with van der Waals surface area (Å²) in [4.78, 5) is 27.5. The summed E-state index contributed by atoms with van der Waals surface area (Å²) in [5, 5.41) is 0. The van der Waals surface area contributed by atoms with E-state index in [1.54, 1.807) is 0 Å². The first-order valence-electron chi connectivity index (χ1n) is 8.37. The van der Waals surface area contributed by atoms with Gasteiger partial charge in [-0.2, -0.15) is 0 Å². The number of carbonyl (C=O) groups excluding carboxylic acids is 2. The number of carbonyl (C=O) groups is 2. The molecule has 1 aliphatic carbocycles. The summed E-state index contributed by atoms with van der Waals surface area (Å²) in [5.41, 5.74) is 5.66. The maximum Gasteiger partial charge on any atom is 0.315 e. The smallest absolute Gasteiger partial charge is 0.315 e. The molecule has 1 saturated carbocycles. The lowest BCUT2D eigenvalue weighted by atomic mass is 9.85. The van der Waals surface area contributed by atoms with Gasteiger partial charge in [0, 0.05) is 32.3 Å². The van der Waals surface area contributed by atoms with Crippen molar-refractivity contribution in [3.8, 4) is 0 Å². The van der Waals surface area contributed by atoms with Crippen molar-refractivity contribution in [3.63, 3.8) is 0 Å². The maximum atomic E-state index is 11.9. The Balaban J connectivity index is 1.91. The molecule has 0 spiro atoms. The summed E-state index contributed by atoms with van der Waals surface area (Å²) in [7, 11) is 1.53. The predicted molar refractivity (Wildman–Crippen MR) is 84.3 cm³/mol. The van der Waals surface area contributed by atoms with Crippen molar-refractivity contribution < 1.29 is 14.3 Å². The fourth-order valence-corrected chi connectivity index (χ4v) is 3.79. The van der Waals surface area contributed by atoms with Crippen LogP contribution in [0.15, 0.2) is 0 Å². The van der Waals surface area contributed by atoms with E-state index in [4.69, 9.17) is 10.5 Å². The number of rotatable bonds is 4. The number of nitrogens with zero attached hydrogens (tertiary/aromatic N) is 2. The van der Waals surface area contributed by atoms with Crippen molar-refractivity contribution in [2.75, 3.05) is 26.8 Å². The van der Waals surface area contributed by atoms with Crippen LogP contribution in [-0.4, -0.2) is 60.6 Å². The van der Waals surface area contributed by atoms with Gasteiger partial charge in [0.2, 0.25) is 5.91 Å². The van der Waals surface area contributed by atoms with E-state index in [1.165, 1.54) is 20.0 Å². The Labute approximate surface area is 132 Å². The fourth-order valence-electron chi connectivity index (χ4n) is 3.79. The molecule has 0 bridgehead atoms. The van der Waals surface area contributed by atoms with E-state index < -0.39 is 0 Å². The van der Waals surface area contributed by atoms with Crippen LogP contribution in [0.3, 0.4) is 0 Å². The van der Waals surface area contributed by atoms with E-state index in [0.717, 1.165) is 31.6 Å². The number of hydrogen-bond acceptors (Lipinski definition) is 3.